The number of esters is 2. The minimum Gasteiger partial charge on any atom is -0.493 e. The van der Waals surface area contributed by atoms with Crippen molar-refractivity contribution in [3.8, 4) is 22.6 Å². The smallest absolute Gasteiger partial charge is 0.339 e. The molecule has 4 aromatic rings. The van der Waals surface area contributed by atoms with E-state index in [2.05, 4.69) is 0 Å². The van der Waals surface area contributed by atoms with E-state index in [9.17, 15) is 44.1 Å². The van der Waals surface area contributed by atoms with Gasteiger partial charge >= 0.3 is 23.9 Å². The van der Waals surface area contributed by atoms with Gasteiger partial charge in [-0.15, -0.1) is 0 Å². The van der Waals surface area contributed by atoms with Crippen LogP contribution in [0.3, 0.4) is 0 Å². The van der Waals surface area contributed by atoms with E-state index in [-0.39, 0.29) is 76.8 Å². The second kappa shape index (κ2) is 19.8. The van der Waals surface area contributed by atoms with Crippen molar-refractivity contribution in [2.45, 2.75) is 83.2 Å². The molecule has 4 aromatic carbocycles. The summed E-state index contributed by atoms with van der Waals surface area (Å²) in [5.41, 5.74) is -1.30. The number of ether oxygens (including phenoxy) is 4. The third-order valence-corrected chi connectivity index (χ3v) is 11.5. The summed E-state index contributed by atoms with van der Waals surface area (Å²) in [6.07, 6.45) is 8.81. The highest BCUT2D eigenvalue weighted by Gasteiger charge is 2.38. The molecule has 0 radical (unpaired) electrons. The highest BCUT2D eigenvalue weighted by atomic mass is 16.6. The van der Waals surface area contributed by atoms with Gasteiger partial charge in [-0.3, -0.25) is 9.59 Å². The molecular weight excluding hydrogens is 785 g/mol. The van der Waals surface area contributed by atoms with Gasteiger partial charge in [-0.05, 0) is 110 Å². The Kier molecular flexibility index (Phi) is 14.4. The van der Waals surface area contributed by atoms with E-state index in [1.165, 1.54) is 36.4 Å². The second-order valence-corrected chi connectivity index (χ2v) is 15.9. The van der Waals surface area contributed by atoms with Gasteiger partial charge in [0.2, 0.25) is 0 Å². The lowest BCUT2D eigenvalue weighted by atomic mass is 9.71. The molecule has 6 rings (SSSR count). The predicted molar refractivity (Wildman–Crippen MR) is 223 cm³/mol. The maximum atomic E-state index is 13.1. The summed E-state index contributed by atoms with van der Waals surface area (Å²) in [5, 5.41) is 30.7. The van der Waals surface area contributed by atoms with E-state index >= 15 is 0 Å². The van der Waals surface area contributed by atoms with Crippen molar-refractivity contribution in [2.75, 3.05) is 26.4 Å². The van der Waals surface area contributed by atoms with E-state index < -0.39 is 29.5 Å². The third-order valence-electron chi connectivity index (χ3n) is 11.5. The topological polar surface area (TPSA) is 200 Å². The van der Waals surface area contributed by atoms with Crippen molar-refractivity contribution in [1.29, 1.82) is 0 Å². The van der Waals surface area contributed by atoms with Crippen LogP contribution in [0.2, 0.25) is 0 Å². The highest BCUT2D eigenvalue weighted by molar-refractivity contribution is 6.05. The fourth-order valence-electron chi connectivity index (χ4n) is 7.97. The van der Waals surface area contributed by atoms with Gasteiger partial charge in [0.15, 0.2) is 11.6 Å². The minimum absolute atomic E-state index is 0.0541. The number of hydrogen-bond donors (Lipinski definition) is 3. The first-order valence-corrected chi connectivity index (χ1v) is 20.6. The van der Waals surface area contributed by atoms with E-state index in [4.69, 9.17) is 18.9 Å². The molecule has 13 heteroatoms. The number of aromatic carboxylic acids is 2. The lowest BCUT2D eigenvalue weighted by Crippen LogP contribution is -2.40. The summed E-state index contributed by atoms with van der Waals surface area (Å²) < 4.78 is 22.0. The Morgan fingerprint density at radius 1 is 0.508 bits per heavy atom. The van der Waals surface area contributed by atoms with Crippen molar-refractivity contribution in [3.63, 3.8) is 0 Å². The van der Waals surface area contributed by atoms with Crippen molar-refractivity contribution >= 4 is 35.4 Å². The Morgan fingerprint density at radius 2 is 0.951 bits per heavy atom. The standard InChI is InChI=1S/C48H50O13/c1-47(21-4-2-5-22-47)41(49)31-9-15-35(16-10-31)58-25-8-26-60-45(55)37-19-13-33(29-39(37)43(51)52)34-14-20-38(40(30-34)44(53)54)46(56)61-28-27-59-36-17-11-32(12-18-36)42(50)48(57)23-6-3-7-24-48/h9-20,29-30,57H,2-8,21-28H2,1H3,(H,51,52)(H,53,54). The molecule has 0 heterocycles. The first-order chi connectivity index (χ1) is 29.3. The van der Waals surface area contributed by atoms with Crippen LogP contribution in [0.25, 0.3) is 11.1 Å². The largest absolute Gasteiger partial charge is 0.493 e. The summed E-state index contributed by atoms with van der Waals surface area (Å²) in [6.45, 7) is 1.90. The number of carboxylic acid groups (broad SMARTS) is 2. The highest BCUT2D eigenvalue weighted by Crippen LogP contribution is 2.39. The van der Waals surface area contributed by atoms with E-state index in [0.717, 1.165) is 51.4 Å². The van der Waals surface area contributed by atoms with Crippen LogP contribution in [0, 0.1) is 5.41 Å². The maximum Gasteiger partial charge on any atom is 0.339 e. The van der Waals surface area contributed by atoms with Gasteiger partial charge in [0.25, 0.3) is 0 Å². The molecule has 0 unspecified atom stereocenters. The molecule has 0 saturated heterocycles. The molecule has 0 atom stereocenters. The molecule has 0 aliphatic heterocycles. The van der Waals surface area contributed by atoms with Crippen LogP contribution in [0.4, 0.5) is 0 Å². The number of carbonyl (C=O) groups excluding carboxylic acids is 4. The van der Waals surface area contributed by atoms with Gasteiger partial charge in [-0.25, -0.2) is 19.2 Å². The second-order valence-electron chi connectivity index (χ2n) is 15.9. The fourth-order valence-corrected chi connectivity index (χ4v) is 7.97. The Bertz CT molecular complexity index is 2250. The van der Waals surface area contributed by atoms with Gasteiger partial charge in [0, 0.05) is 23.0 Å². The van der Waals surface area contributed by atoms with Crippen LogP contribution in [-0.2, 0) is 9.47 Å². The Balaban J connectivity index is 0.989. The number of aliphatic hydroxyl groups is 1. The van der Waals surface area contributed by atoms with Crippen molar-refractivity contribution in [3.05, 3.63) is 118 Å². The number of carboxylic acids is 2. The molecule has 0 amide bonds. The SMILES string of the molecule is CC1(C(=O)c2ccc(OCCCOC(=O)c3ccc(-c4ccc(C(=O)OCCOc5ccc(C(=O)C6(O)CCCCC6)cc5)c(C(=O)O)c4)cc3C(=O)O)cc2)CCCCC1. The molecular formula is C48H50O13. The zero-order chi connectivity index (χ0) is 43.6. The van der Waals surface area contributed by atoms with E-state index in [1.807, 2.05) is 6.92 Å². The van der Waals surface area contributed by atoms with Gasteiger partial charge in [-0.2, -0.15) is 0 Å². The number of benzene rings is 4. The Labute approximate surface area is 353 Å². The zero-order valence-corrected chi connectivity index (χ0v) is 34.1. The first-order valence-electron chi connectivity index (χ1n) is 20.6. The van der Waals surface area contributed by atoms with Crippen LogP contribution < -0.4 is 9.47 Å². The van der Waals surface area contributed by atoms with Gasteiger partial charge in [0.05, 0.1) is 35.5 Å². The normalized spacial score (nSPS) is 15.5. The number of Topliss-reactive ketones (excluding diaryl/α,β-unsaturated/α-hetero) is 2. The number of carbonyl (C=O) groups is 6. The molecule has 2 aliphatic carbocycles. The Morgan fingerprint density at radius 3 is 1.44 bits per heavy atom. The molecule has 13 nitrogen and oxygen atoms in total. The van der Waals surface area contributed by atoms with Crippen LogP contribution in [0.15, 0.2) is 84.9 Å². The number of rotatable bonds is 18. The van der Waals surface area contributed by atoms with Gasteiger partial charge in [-0.1, -0.05) is 57.6 Å². The maximum absolute atomic E-state index is 13.1. The van der Waals surface area contributed by atoms with E-state index in [0.29, 0.717) is 41.9 Å². The molecule has 320 valence electrons. The summed E-state index contributed by atoms with van der Waals surface area (Å²) in [5.74, 6) is -3.81. The summed E-state index contributed by atoms with van der Waals surface area (Å²) in [4.78, 5) is 76.3. The fraction of sp³-hybridized carbons (Fsp3) is 0.375. The summed E-state index contributed by atoms with van der Waals surface area (Å²) >= 11 is 0. The first kappa shape index (κ1) is 44.2. The molecule has 2 aliphatic rings. The monoisotopic (exact) mass is 834 g/mol. The molecule has 61 heavy (non-hydrogen) atoms. The van der Waals surface area contributed by atoms with Crippen LogP contribution in [0.1, 0.15) is 140 Å². The summed E-state index contributed by atoms with van der Waals surface area (Å²) in [6, 6.07) is 21.2. The average molecular weight is 835 g/mol. The predicted octanol–water partition coefficient (Wildman–Crippen LogP) is 8.64. The lowest BCUT2D eigenvalue weighted by molar-refractivity contribution is 0.0116. The number of ketones is 2. The minimum atomic E-state index is -1.42. The van der Waals surface area contributed by atoms with Crippen LogP contribution in [-0.4, -0.2) is 82.8 Å². The van der Waals surface area contributed by atoms with Crippen LogP contribution >= 0.6 is 0 Å². The van der Waals surface area contributed by atoms with Gasteiger partial charge < -0.3 is 34.3 Å². The Hall–Kier alpha value is -6.34. The number of hydrogen-bond acceptors (Lipinski definition) is 11. The van der Waals surface area contributed by atoms with Crippen molar-refractivity contribution < 1.29 is 63.0 Å². The zero-order valence-electron chi connectivity index (χ0n) is 34.1. The average Bonchev–Trinajstić information content (AvgIpc) is 3.27. The molecule has 3 N–H and O–H groups in total. The van der Waals surface area contributed by atoms with Crippen LogP contribution in [0.5, 0.6) is 11.5 Å². The molecule has 0 aromatic heterocycles. The lowest BCUT2D eigenvalue weighted by Gasteiger charge is -2.32. The van der Waals surface area contributed by atoms with Gasteiger partial charge in [0.1, 0.15) is 30.3 Å². The molecule has 0 bridgehead atoms. The quantitative estimate of drug-likeness (QED) is 0.0489. The third kappa shape index (κ3) is 10.9. The van der Waals surface area contributed by atoms with Crippen molar-refractivity contribution in [2.24, 2.45) is 5.41 Å². The van der Waals surface area contributed by atoms with E-state index in [1.54, 1.807) is 48.5 Å². The summed E-state index contributed by atoms with van der Waals surface area (Å²) in [7, 11) is 0. The molecule has 2 fully saturated rings. The van der Waals surface area contributed by atoms with Crippen molar-refractivity contribution in [1.82, 2.24) is 0 Å². The molecule has 2 saturated carbocycles. The molecule has 0 spiro atoms.